The molecule has 0 spiro atoms. The molecular weight excluding hydrogens is 528 g/mol. The van der Waals surface area contributed by atoms with Crippen molar-refractivity contribution in [2.24, 2.45) is 0 Å². The number of benzene rings is 2. The van der Waals surface area contributed by atoms with Gasteiger partial charge in [-0.25, -0.2) is 14.8 Å². The maximum Gasteiger partial charge on any atom is 0.346 e. The molecule has 3 heterocycles. The highest BCUT2D eigenvalue weighted by molar-refractivity contribution is 5.89. The zero-order valence-corrected chi connectivity index (χ0v) is 24.0. The smallest absolute Gasteiger partial charge is 0.321 e. The highest BCUT2D eigenvalue weighted by Crippen LogP contribution is 2.30. The zero-order valence-electron chi connectivity index (χ0n) is 24.0. The number of rotatable bonds is 10. The second-order valence-electron chi connectivity index (χ2n) is 9.93. The van der Waals surface area contributed by atoms with Crippen molar-refractivity contribution in [3.05, 3.63) is 96.1 Å². The Morgan fingerprint density at radius 3 is 2.57 bits per heavy atom. The Bertz CT molecular complexity index is 1510. The van der Waals surface area contributed by atoms with Gasteiger partial charge in [-0.05, 0) is 49.8 Å². The summed E-state index contributed by atoms with van der Waals surface area (Å²) in [6, 6.07) is 16.9. The minimum absolute atomic E-state index is 0.120. The molecule has 5 rings (SSSR count). The molecule has 1 aliphatic rings. The SMILES string of the molecule is CCN(CC)CCCn1cc(Nc2ncc(C#Cc3cccc(NC(=O)N4OCC[C@H]4c4ccccc4)c3)cn2)cn1. The number of hydrogen-bond donors (Lipinski definition) is 2. The van der Waals surface area contributed by atoms with Gasteiger partial charge >= 0.3 is 6.03 Å². The lowest BCUT2D eigenvalue weighted by molar-refractivity contribution is -0.0829. The largest absolute Gasteiger partial charge is 0.346 e. The van der Waals surface area contributed by atoms with Gasteiger partial charge in [0.1, 0.15) is 0 Å². The van der Waals surface area contributed by atoms with Crippen LogP contribution in [0.15, 0.2) is 79.4 Å². The summed E-state index contributed by atoms with van der Waals surface area (Å²) in [5.41, 5.74) is 3.96. The molecule has 0 saturated carbocycles. The van der Waals surface area contributed by atoms with Gasteiger partial charge in [0, 0.05) is 42.8 Å². The number of urea groups is 1. The highest BCUT2D eigenvalue weighted by Gasteiger charge is 2.31. The first-order valence-electron chi connectivity index (χ1n) is 14.3. The van der Waals surface area contributed by atoms with Crippen molar-refractivity contribution >= 4 is 23.4 Å². The number of amides is 2. The molecule has 2 amide bonds. The van der Waals surface area contributed by atoms with Gasteiger partial charge in [-0.15, -0.1) is 0 Å². The normalized spacial score (nSPS) is 14.5. The molecule has 10 heteroatoms. The average molecular weight is 565 g/mol. The van der Waals surface area contributed by atoms with Crippen LogP contribution >= 0.6 is 0 Å². The quantitative estimate of drug-likeness (QED) is 0.247. The monoisotopic (exact) mass is 564 g/mol. The Labute approximate surface area is 246 Å². The lowest BCUT2D eigenvalue weighted by Gasteiger charge is -2.23. The number of nitrogens with zero attached hydrogens (tertiary/aromatic N) is 6. The fraction of sp³-hybridized carbons (Fsp3) is 0.312. The van der Waals surface area contributed by atoms with Crippen LogP contribution in [-0.4, -0.2) is 62.0 Å². The molecular formula is C32H36N8O2. The van der Waals surface area contributed by atoms with E-state index in [0.717, 1.165) is 55.8 Å². The van der Waals surface area contributed by atoms with Gasteiger partial charge in [0.2, 0.25) is 5.95 Å². The highest BCUT2D eigenvalue weighted by atomic mass is 16.7. The number of hydroxylamine groups is 2. The third kappa shape index (κ3) is 7.72. The molecule has 42 heavy (non-hydrogen) atoms. The van der Waals surface area contributed by atoms with E-state index in [-0.39, 0.29) is 12.1 Å². The van der Waals surface area contributed by atoms with Crippen LogP contribution < -0.4 is 10.6 Å². The van der Waals surface area contributed by atoms with Crippen molar-refractivity contribution in [2.75, 3.05) is 36.9 Å². The van der Waals surface area contributed by atoms with Crippen LogP contribution in [-0.2, 0) is 11.4 Å². The predicted molar refractivity (Wildman–Crippen MR) is 163 cm³/mol. The number of carbonyl (C=O) groups is 1. The molecule has 2 N–H and O–H groups in total. The first-order chi connectivity index (χ1) is 20.6. The van der Waals surface area contributed by atoms with E-state index >= 15 is 0 Å². The summed E-state index contributed by atoms with van der Waals surface area (Å²) in [4.78, 5) is 29.8. The summed E-state index contributed by atoms with van der Waals surface area (Å²) in [5, 5.41) is 12.0. The number of aromatic nitrogens is 4. The van der Waals surface area contributed by atoms with E-state index < -0.39 is 0 Å². The standard InChI is InChI=1S/C32H36N8O2/c1-3-38(4-2)17-9-18-39-24-29(23-35-39)36-31-33-21-26(22-34-31)15-14-25-10-8-13-28(20-25)37-32(41)40-30(16-19-42-40)27-11-6-5-7-12-27/h5-8,10-13,20-24,30H,3-4,9,16-19H2,1-2H3,(H,37,41)(H,33,34,36)/t30-/m0/s1. The summed E-state index contributed by atoms with van der Waals surface area (Å²) in [5.74, 6) is 6.69. The minimum atomic E-state index is -0.312. The van der Waals surface area contributed by atoms with Crippen molar-refractivity contribution in [3.63, 3.8) is 0 Å². The van der Waals surface area contributed by atoms with Gasteiger partial charge in [-0.2, -0.15) is 10.2 Å². The van der Waals surface area contributed by atoms with Crippen molar-refractivity contribution in [3.8, 4) is 11.8 Å². The minimum Gasteiger partial charge on any atom is -0.321 e. The summed E-state index contributed by atoms with van der Waals surface area (Å²) < 4.78 is 1.93. The Balaban J connectivity index is 1.14. The molecule has 0 aliphatic carbocycles. The number of aryl methyl sites for hydroxylation is 1. The molecule has 1 fully saturated rings. The van der Waals surface area contributed by atoms with E-state index in [0.29, 0.717) is 23.8 Å². The average Bonchev–Trinajstić information content (AvgIpc) is 3.70. The van der Waals surface area contributed by atoms with Crippen molar-refractivity contribution < 1.29 is 9.63 Å². The third-order valence-corrected chi connectivity index (χ3v) is 7.05. The zero-order chi connectivity index (χ0) is 29.1. The Morgan fingerprint density at radius 1 is 1.00 bits per heavy atom. The Morgan fingerprint density at radius 2 is 1.79 bits per heavy atom. The third-order valence-electron chi connectivity index (χ3n) is 7.05. The number of nitrogens with one attached hydrogen (secondary N) is 2. The fourth-order valence-electron chi connectivity index (χ4n) is 4.78. The van der Waals surface area contributed by atoms with Crippen LogP contribution in [0.2, 0.25) is 0 Å². The molecule has 0 unspecified atom stereocenters. The van der Waals surface area contributed by atoms with Gasteiger partial charge < -0.3 is 15.5 Å². The van der Waals surface area contributed by atoms with Crippen LogP contribution in [0.5, 0.6) is 0 Å². The van der Waals surface area contributed by atoms with Crippen LogP contribution in [0.4, 0.5) is 22.1 Å². The lowest BCUT2D eigenvalue weighted by Crippen LogP contribution is -2.33. The summed E-state index contributed by atoms with van der Waals surface area (Å²) in [6.45, 7) is 8.91. The second kappa shape index (κ2) is 14.3. The van der Waals surface area contributed by atoms with Gasteiger partial charge in [0.25, 0.3) is 0 Å². The summed E-state index contributed by atoms with van der Waals surface area (Å²) in [7, 11) is 0. The molecule has 2 aromatic carbocycles. The van der Waals surface area contributed by atoms with Crippen LogP contribution in [0, 0.1) is 11.8 Å². The first-order valence-corrected chi connectivity index (χ1v) is 14.3. The van der Waals surface area contributed by atoms with E-state index in [1.807, 2.05) is 65.5 Å². The van der Waals surface area contributed by atoms with Crippen LogP contribution in [0.25, 0.3) is 0 Å². The molecule has 1 atom stereocenters. The maximum absolute atomic E-state index is 13.0. The van der Waals surface area contributed by atoms with Crippen LogP contribution in [0.3, 0.4) is 0 Å². The topological polar surface area (TPSA) is 100 Å². The Hall–Kier alpha value is -4.72. The number of carbonyl (C=O) groups excluding carboxylic acids is 1. The molecule has 0 bridgehead atoms. The van der Waals surface area contributed by atoms with Gasteiger partial charge in [-0.3, -0.25) is 9.52 Å². The van der Waals surface area contributed by atoms with E-state index in [1.165, 1.54) is 5.06 Å². The Kier molecular flexibility index (Phi) is 9.77. The van der Waals surface area contributed by atoms with E-state index in [4.69, 9.17) is 4.84 Å². The van der Waals surface area contributed by atoms with Crippen molar-refractivity contribution in [1.82, 2.24) is 29.7 Å². The van der Waals surface area contributed by atoms with Gasteiger partial charge in [0.15, 0.2) is 0 Å². The molecule has 4 aromatic rings. The molecule has 216 valence electrons. The van der Waals surface area contributed by atoms with Crippen LogP contribution in [0.1, 0.15) is 49.4 Å². The summed E-state index contributed by atoms with van der Waals surface area (Å²) >= 11 is 0. The van der Waals surface area contributed by atoms with E-state index in [2.05, 4.69) is 56.3 Å². The molecule has 1 aliphatic heterocycles. The summed E-state index contributed by atoms with van der Waals surface area (Å²) in [6.07, 6.45) is 8.89. The van der Waals surface area contributed by atoms with E-state index in [9.17, 15) is 4.79 Å². The molecule has 0 radical (unpaired) electrons. The van der Waals surface area contributed by atoms with Crippen molar-refractivity contribution in [2.45, 2.75) is 39.3 Å². The second-order valence-corrected chi connectivity index (χ2v) is 9.93. The first kappa shape index (κ1) is 28.8. The van der Waals surface area contributed by atoms with Crippen molar-refractivity contribution in [1.29, 1.82) is 0 Å². The van der Waals surface area contributed by atoms with Gasteiger partial charge in [0.05, 0.1) is 30.1 Å². The number of hydrogen-bond acceptors (Lipinski definition) is 7. The van der Waals surface area contributed by atoms with Gasteiger partial charge in [-0.1, -0.05) is 62.1 Å². The van der Waals surface area contributed by atoms with E-state index in [1.54, 1.807) is 18.6 Å². The molecule has 2 aromatic heterocycles. The maximum atomic E-state index is 13.0. The lowest BCUT2D eigenvalue weighted by atomic mass is 10.1. The predicted octanol–water partition coefficient (Wildman–Crippen LogP) is 5.46. The molecule has 10 nitrogen and oxygen atoms in total. The number of anilines is 3. The fourth-order valence-corrected chi connectivity index (χ4v) is 4.78. The molecule has 1 saturated heterocycles.